The molecule has 7 heteroatoms. The minimum Gasteiger partial charge on any atom is -0.348 e. The number of sulfonamides is 1. The number of benzene rings is 2. The van der Waals surface area contributed by atoms with E-state index in [1.165, 1.54) is 23.5 Å². The number of anilines is 1. The second-order valence-corrected chi connectivity index (χ2v) is 8.84. The van der Waals surface area contributed by atoms with Crippen molar-refractivity contribution in [2.24, 2.45) is 11.7 Å². The monoisotopic (exact) mass is 389 g/mol. The first-order chi connectivity index (χ1) is 12.8. The molecule has 0 aromatic heterocycles. The summed E-state index contributed by atoms with van der Waals surface area (Å²) in [5.74, 6) is 0.0654. The van der Waals surface area contributed by atoms with Gasteiger partial charge in [-0.2, -0.15) is 0 Å². The Balaban J connectivity index is 2.24. The van der Waals surface area contributed by atoms with Gasteiger partial charge in [0, 0.05) is 25.2 Å². The summed E-state index contributed by atoms with van der Waals surface area (Å²) in [5, 5.41) is 2.88. The molecular weight excluding hydrogens is 362 g/mol. The average molecular weight is 390 g/mol. The van der Waals surface area contributed by atoms with Gasteiger partial charge >= 0.3 is 0 Å². The van der Waals surface area contributed by atoms with E-state index in [-0.39, 0.29) is 16.8 Å². The van der Waals surface area contributed by atoms with Crippen LogP contribution in [0.4, 0.5) is 5.69 Å². The van der Waals surface area contributed by atoms with Crippen molar-refractivity contribution in [3.05, 3.63) is 60.2 Å². The highest BCUT2D eigenvalue weighted by Gasteiger charge is 2.23. The van der Waals surface area contributed by atoms with E-state index in [0.717, 1.165) is 6.42 Å². The minimum atomic E-state index is -3.77. The lowest BCUT2D eigenvalue weighted by atomic mass is 10.0. The van der Waals surface area contributed by atoms with Crippen LogP contribution in [-0.2, 0) is 10.0 Å². The van der Waals surface area contributed by atoms with E-state index in [2.05, 4.69) is 19.2 Å². The minimum absolute atomic E-state index is 0.0645. The number of para-hydroxylation sites is 1. The third kappa shape index (κ3) is 5.30. The van der Waals surface area contributed by atoms with Gasteiger partial charge in [0.05, 0.1) is 10.6 Å². The highest BCUT2D eigenvalue weighted by atomic mass is 32.2. The SMILES string of the molecule is CC(C)CC(CN)NC(=O)c1cccc(S(=O)(=O)N(C)c2ccccc2)c1. The molecule has 0 aliphatic rings. The molecule has 27 heavy (non-hydrogen) atoms. The lowest BCUT2D eigenvalue weighted by molar-refractivity contribution is 0.0933. The number of nitrogens with one attached hydrogen (secondary N) is 1. The van der Waals surface area contributed by atoms with E-state index in [1.54, 1.807) is 36.4 Å². The fourth-order valence-corrected chi connectivity index (χ4v) is 4.03. The van der Waals surface area contributed by atoms with Crippen LogP contribution in [-0.4, -0.2) is 34.0 Å². The molecule has 0 heterocycles. The van der Waals surface area contributed by atoms with Gasteiger partial charge in [-0.1, -0.05) is 38.1 Å². The first kappa shape index (κ1) is 20.9. The predicted octanol–water partition coefficient (Wildman–Crippen LogP) is 2.61. The van der Waals surface area contributed by atoms with Crippen molar-refractivity contribution in [2.75, 3.05) is 17.9 Å². The molecule has 1 unspecified atom stereocenters. The summed E-state index contributed by atoms with van der Waals surface area (Å²) in [5.41, 5.74) is 6.57. The lowest BCUT2D eigenvalue weighted by Gasteiger charge is -2.21. The summed E-state index contributed by atoms with van der Waals surface area (Å²) in [6.45, 7) is 4.45. The highest BCUT2D eigenvalue weighted by molar-refractivity contribution is 7.92. The van der Waals surface area contributed by atoms with Crippen molar-refractivity contribution in [1.82, 2.24) is 5.32 Å². The van der Waals surface area contributed by atoms with Crippen LogP contribution in [0.1, 0.15) is 30.6 Å². The summed E-state index contributed by atoms with van der Waals surface area (Å²) in [6.07, 6.45) is 0.761. The molecule has 0 saturated heterocycles. The highest BCUT2D eigenvalue weighted by Crippen LogP contribution is 2.22. The molecule has 0 saturated carbocycles. The standard InChI is InChI=1S/C20H27N3O3S/c1-15(2)12-17(14-21)22-20(24)16-8-7-11-19(13-16)27(25,26)23(3)18-9-5-4-6-10-18/h4-11,13,15,17H,12,14,21H2,1-3H3,(H,22,24). The Labute approximate surface area is 161 Å². The van der Waals surface area contributed by atoms with E-state index < -0.39 is 10.0 Å². The van der Waals surface area contributed by atoms with Gasteiger partial charge in [0.2, 0.25) is 0 Å². The summed E-state index contributed by atoms with van der Waals surface area (Å²) in [6, 6.07) is 14.7. The molecule has 2 aromatic rings. The Bertz CT molecular complexity index is 867. The van der Waals surface area contributed by atoms with Crippen molar-refractivity contribution in [3.8, 4) is 0 Å². The van der Waals surface area contributed by atoms with Crippen LogP contribution in [0.3, 0.4) is 0 Å². The molecular formula is C20H27N3O3S. The molecule has 2 rings (SSSR count). The topological polar surface area (TPSA) is 92.5 Å². The van der Waals surface area contributed by atoms with E-state index in [1.807, 2.05) is 6.07 Å². The first-order valence-electron chi connectivity index (χ1n) is 8.90. The van der Waals surface area contributed by atoms with Gasteiger partial charge in [-0.3, -0.25) is 9.10 Å². The number of hydrogen-bond donors (Lipinski definition) is 2. The van der Waals surface area contributed by atoms with Gasteiger partial charge in [0.1, 0.15) is 0 Å². The van der Waals surface area contributed by atoms with Gasteiger partial charge in [0.15, 0.2) is 0 Å². The Morgan fingerprint density at radius 2 is 1.78 bits per heavy atom. The molecule has 146 valence electrons. The maximum Gasteiger partial charge on any atom is 0.264 e. The second kappa shape index (κ2) is 9.01. The molecule has 2 aromatic carbocycles. The van der Waals surface area contributed by atoms with Gasteiger partial charge in [0.25, 0.3) is 15.9 Å². The number of hydrogen-bond acceptors (Lipinski definition) is 4. The van der Waals surface area contributed by atoms with Crippen molar-refractivity contribution >= 4 is 21.6 Å². The Morgan fingerprint density at radius 1 is 1.11 bits per heavy atom. The van der Waals surface area contributed by atoms with Gasteiger partial charge in [-0.25, -0.2) is 8.42 Å². The Hall–Kier alpha value is -2.38. The average Bonchev–Trinajstić information content (AvgIpc) is 2.67. The van der Waals surface area contributed by atoms with E-state index >= 15 is 0 Å². The Kier molecular flexibility index (Phi) is 6.98. The molecule has 0 fully saturated rings. The molecule has 0 aliphatic heterocycles. The van der Waals surface area contributed by atoms with E-state index in [9.17, 15) is 13.2 Å². The van der Waals surface area contributed by atoms with Crippen LogP contribution in [0.2, 0.25) is 0 Å². The summed E-state index contributed by atoms with van der Waals surface area (Å²) >= 11 is 0. The molecule has 3 N–H and O–H groups in total. The molecule has 0 aliphatic carbocycles. The number of carbonyl (C=O) groups excluding carboxylic acids is 1. The third-order valence-corrected chi connectivity index (χ3v) is 6.03. The molecule has 0 spiro atoms. The van der Waals surface area contributed by atoms with Gasteiger partial charge in [-0.15, -0.1) is 0 Å². The van der Waals surface area contributed by atoms with Crippen LogP contribution in [0.15, 0.2) is 59.5 Å². The summed E-state index contributed by atoms with van der Waals surface area (Å²) < 4.78 is 27.0. The van der Waals surface area contributed by atoms with Crippen LogP contribution in [0, 0.1) is 5.92 Å². The first-order valence-corrected chi connectivity index (χ1v) is 10.3. The summed E-state index contributed by atoms with van der Waals surface area (Å²) in [4.78, 5) is 12.6. The fourth-order valence-electron chi connectivity index (χ4n) is 2.78. The zero-order valence-electron chi connectivity index (χ0n) is 15.9. The molecule has 0 bridgehead atoms. The van der Waals surface area contributed by atoms with E-state index in [0.29, 0.717) is 23.7 Å². The molecule has 1 amide bonds. The number of amides is 1. The second-order valence-electron chi connectivity index (χ2n) is 6.87. The zero-order chi connectivity index (χ0) is 20.0. The van der Waals surface area contributed by atoms with Crippen molar-refractivity contribution in [3.63, 3.8) is 0 Å². The predicted molar refractivity (Wildman–Crippen MR) is 108 cm³/mol. The largest absolute Gasteiger partial charge is 0.348 e. The van der Waals surface area contributed by atoms with Crippen molar-refractivity contribution in [2.45, 2.75) is 31.2 Å². The van der Waals surface area contributed by atoms with Gasteiger partial charge < -0.3 is 11.1 Å². The molecule has 1 atom stereocenters. The van der Waals surface area contributed by atoms with Gasteiger partial charge in [-0.05, 0) is 42.7 Å². The normalized spacial score (nSPS) is 12.6. The smallest absolute Gasteiger partial charge is 0.264 e. The number of rotatable bonds is 8. The quantitative estimate of drug-likeness (QED) is 0.726. The number of nitrogens with zero attached hydrogens (tertiary/aromatic N) is 1. The third-order valence-electron chi connectivity index (χ3n) is 4.25. The van der Waals surface area contributed by atoms with E-state index in [4.69, 9.17) is 5.73 Å². The molecule has 6 nitrogen and oxygen atoms in total. The number of nitrogens with two attached hydrogens (primary N) is 1. The van der Waals surface area contributed by atoms with Crippen LogP contribution in [0.5, 0.6) is 0 Å². The van der Waals surface area contributed by atoms with Crippen LogP contribution < -0.4 is 15.4 Å². The maximum atomic E-state index is 12.9. The fraction of sp³-hybridized carbons (Fsp3) is 0.350. The number of carbonyl (C=O) groups is 1. The van der Waals surface area contributed by atoms with Crippen molar-refractivity contribution in [1.29, 1.82) is 0 Å². The van der Waals surface area contributed by atoms with Crippen LogP contribution in [0.25, 0.3) is 0 Å². The van der Waals surface area contributed by atoms with Crippen LogP contribution >= 0.6 is 0 Å². The summed E-state index contributed by atoms with van der Waals surface area (Å²) in [7, 11) is -2.28. The van der Waals surface area contributed by atoms with Crippen molar-refractivity contribution < 1.29 is 13.2 Å². The Morgan fingerprint density at radius 3 is 2.37 bits per heavy atom. The maximum absolute atomic E-state index is 12.9. The zero-order valence-corrected chi connectivity index (χ0v) is 16.7. The molecule has 0 radical (unpaired) electrons. The lowest BCUT2D eigenvalue weighted by Crippen LogP contribution is -2.41.